The van der Waals surface area contributed by atoms with Crippen LogP contribution in [-0.4, -0.2) is 26.9 Å². The van der Waals surface area contributed by atoms with Gasteiger partial charge in [0.25, 0.3) is 0 Å². The molecule has 80 valence electrons. The largest absolute Gasteiger partial charge is 0.329 e. The van der Waals surface area contributed by atoms with Gasteiger partial charge in [-0.15, -0.1) is 0 Å². The molecule has 0 radical (unpaired) electrons. The predicted octanol–water partition coefficient (Wildman–Crippen LogP) is 3.72. The molecule has 0 fully saturated rings. The first-order valence-corrected chi connectivity index (χ1v) is 8.83. The van der Waals surface area contributed by atoms with Crippen molar-refractivity contribution in [1.29, 1.82) is 0 Å². The molecule has 0 atom stereocenters. The molecular weight excluding hydrogens is 174 g/mol. The van der Waals surface area contributed by atoms with E-state index in [0.29, 0.717) is 0 Å². The lowest BCUT2D eigenvalue weighted by Gasteiger charge is -2.30. The lowest BCUT2D eigenvalue weighted by molar-refractivity contribution is 0.596. The molecule has 0 amide bonds. The summed E-state index contributed by atoms with van der Waals surface area (Å²) >= 11 is 0. The van der Waals surface area contributed by atoms with Crippen molar-refractivity contribution in [2.75, 3.05) is 14.1 Å². The molecule has 0 spiro atoms. The highest BCUT2D eigenvalue weighted by Gasteiger charge is 2.22. The summed E-state index contributed by atoms with van der Waals surface area (Å²) in [6.45, 7) is 7.21. The molecule has 0 aromatic rings. The number of hydrogen-bond acceptors (Lipinski definition) is 1. The van der Waals surface area contributed by atoms with E-state index in [-0.39, 0.29) is 0 Å². The fraction of sp³-hybridized carbons (Fsp3) is 1.00. The molecule has 1 nitrogen and oxygen atoms in total. The Labute approximate surface area is 85.6 Å². The smallest absolute Gasteiger partial charge is 0.121 e. The number of nitrogens with zero attached hydrogens (tertiary/aromatic N) is 1. The van der Waals surface area contributed by atoms with Crippen molar-refractivity contribution in [1.82, 2.24) is 4.57 Å². The minimum atomic E-state index is -1.01. The molecule has 0 heterocycles. The van der Waals surface area contributed by atoms with Crippen LogP contribution in [0.5, 0.6) is 0 Å². The van der Waals surface area contributed by atoms with Crippen LogP contribution in [0.1, 0.15) is 39.0 Å². The molecule has 0 bridgehead atoms. The second-order valence-corrected chi connectivity index (χ2v) is 9.89. The summed E-state index contributed by atoms with van der Waals surface area (Å²) in [5.74, 6) is 0. The molecule has 0 aromatic heterocycles. The van der Waals surface area contributed by atoms with Crippen LogP contribution in [0, 0.1) is 0 Å². The minimum absolute atomic E-state index is 1.01. The van der Waals surface area contributed by atoms with E-state index in [1.165, 1.54) is 38.1 Å². The standard InChI is InChI=1S/C11H27NSi/c1-6-7-8-9-10-11-13(4,5)12(2)3/h6-11H2,1-5H3. The summed E-state index contributed by atoms with van der Waals surface area (Å²) in [5.41, 5.74) is 0. The first-order chi connectivity index (χ1) is 6.00. The van der Waals surface area contributed by atoms with Crippen LogP contribution in [0.25, 0.3) is 0 Å². The third-order valence-electron chi connectivity index (χ3n) is 3.10. The van der Waals surface area contributed by atoms with E-state index in [1.807, 2.05) is 0 Å². The highest BCUT2D eigenvalue weighted by atomic mass is 28.3. The summed E-state index contributed by atoms with van der Waals surface area (Å²) < 4.78 is 2.47. The van der Waals surface area contributed by atoms with Gasteiger partial charge in [-0.25, -0.2) is 0 Å². The van der Waals surface area contributed by atoms with Gasteiger partial charge in [-0.3, -0.25) is 0 Å². The fourth-order valence-electron chi connectivity index (χ4n) is 1.38. The second-order valence-electron chi connectivity index (χ2n) is 4.87. The molecule has 0 aliphatic rings. The lowest BCUT2D eigenvalue weighted by atomic mass is 10.2. The van der Waals surface area contributed by atoms with Gasteiger partial charge in [-0.2, -0.15) is 0 Å². The van der Waals surface area contributed by atoms with E-state index in [2.05, 4.69) is 38.7 Å². The van der Waals surface area contributed by atoms with E-state index >= 15 is 0 Å². The van der Waals surface area contributed by atoms with Gasteiger partial charge in [0.2, 0.25) is 0 Å². The van der Waals surface area contributed by atoms with Gasteiger partial charge in [-0.1, -0.05) is 52.1 Å². The summed E-state index contributed by atoms with van der Waals surface area (Å²) in [4.78, 5) is 0. The zero-order valence-electron chi connectivity index (χ0n) is 10.2. The first kappa shape index (κ1) is 13.2. The predicted molar refractivity (Wildman–Crippen MR) is 64.7 cm³/mol. The van der Waals surface area contributed by atoms with Crippen LogP contribution in [-0.2, 0) is 0 Å². The molecule has 13 heavy (non-hydrogen) atoms. The fourth-order valence-corrected chi connectivity index (χ4v) is 2.95. The van der Waals surface area contributed by atoms with Gasteiger partial charge in [0.05, 0.1) is 0 Å². The SMILES string of the molecule is CCCCCCC[Si](C)(C)N(C)C. The van der Waals surface area contributed by atoms with Crippen molar-refractivity contribution in [3.05, 3.63) is 0 Å². The molecular formula is C11H27NSi. The van der Waals surface area contributed by atoms with Gasteiger partial charge >= 0.3 is 0 Å². The Morgan fingerprint density at radius 3 is 1.92 bits per heavy atom. The van der Waals surface area contributed by atoms with Crippen molar-refractivity contribution in [3.8, 4) is 0 Å². The van der Waals surface area contributed by atoms with Crippen molar-refractivity contribution in [2.45, 2.75) is 58.2 Å². The summed E-state index contributed by atoms with van der Waals surface area (Å²) in [5, 5.41) is 0. The Morgan fingerprint density at radius 2 is 1.46 bits per heavy atom. The van der Waals surface area contributed by atoms with Crippen LogP contribution in [0.15, 0.2) is 0 Å². The van der Waals surface area contributed by atoms with Crippen LogP contribution in [0.4, 0.5) is 0 Å². The molecule has 0 N–H and O–H groups in total. The zero-order valence-corrected chi connectivity index (χ0v) is 11.2. The third kappa shape index (κ3) is 6.27. The van der Waals surface area contributed by atoms with E-state index in [0.717, 1.165) is 0 Å². The Morgan fingerprint density at radius 1 is 0.923 bits per heavy atom. The second kappa shape index (κ2) is 6.60. The topological polar surface area (TPSA) is 3.24 Å². The van der Waals surface area contributed by atoms with E-state index < -0.39 is 8.24 Å². The molecule has 0 aliphatic heterocycles. The molecule has 0 saturated heterocycles. The lowest BCUT2D eigenvalue weighted by Crippen LogP contribution is -2.43. The molecule has 0 aliphatic carbocycles. The summed E-state index contributed by atoms with van der Waals surface area (Å²) in [7, 11) is 3.46. The first-order valence-electron chi connectivity index (χ1n) is 5.68. The maximum atomic E-state index is 2.47. The highest BCUT2D eigenvalue weighted by Crippen LogP contribution is 2.17. The van der Waals surface area contributed by atoms with Crippen molar-refractivity contribution >= 4 is 8.24 Å². The van der Waals surface area contributed by atoms with Gasteiger partial charge in [-0.05, 0) is 20.1 Å². The van der Waals surface area contributed by atoms with Crippen molar-refractivity contribution < 1.29 is 0 Å². The van der Waals surface area contributed by atoms with Crippen LogP contribution in [0.3, 0.4) is 0 Å². The van der Waals surface area contributed by atoms with E-state index in [1.54, 1.807) is 0 Å². The average molecular weight is 201 g/mol. The normalized spacial score (nSPS) is 12.5. The van der Waals surface area contributed by atoms with Crippen LogP contribution in [0.2, 0.25) is 19.1 Å². The minimum Gasteiger partial charge on any atom is -0.329 e. The molecule has 0 rings (SSSR count). The molecule has 0 unspecified atom stereocenters. The number of rotatable bonds is 7. The van der Waals surface area contributed by atoms with Crippen molar-refractivity contribution in [3.63, 3.8) is 0 Å². The molecule has 0 aromatic carbocycles. The van der Waals surface area contributed by atoms with Gasteiger partial charge in [0.15, 0.2) is 0 Å². The quantitative estimate of drug-likeness (QED) is 0.448. The zero-order chi connectivity index (χ0) is 10.3. The number of unbranched alkanes of at least 4 members (excludes halogenated alkanes) is 4. The Bertz CT molecular complexity index is 121. The monoisotopic (exact) mass is 201 g/mol. The Hall–Kier alpha value is 0.177. The summed E-state index contributed by atoms with van der Waals surface area (Å²) in [6, 6.07) is 1.46. The Kier molecular flexibility index (Phi) is 6.69. The van der Waals surface area contributed by atoms with Gasteiger partial charge in [0, 0.05) is 0 Å². The van der Waals surface area contributed by atoms with Gasteiger partial charge in [0.1, 0.15) is 8.24 Å². The van der Waals surface area contributed by atoms with E-state index in [9.17, 15) is 0 Å². The Balaban J connectivity index is 3.41. The molecule has 0 saturated carbocycles. The maximum Gasteiger partial charge on any atom is 0.121 e. The maximum absolute atomic E-state index is 2.47. The third-order valence-corrected chi connectivity index (χ3v) is 7.10. The van der Waals surface area contributed by atoms with E-state index in [4.69, 9.17) is 0 Å². The highest BCUT2D eigenvalue weighted by molar-refractivity contribution is 6.74. The van der Waals surface area contributed by atoms with Gasteiger partial charge < -0.3 is 4.57 Å². The summed E-state index contributed by atoms with van der Waals surface area (Å²) in [6.07, 6.45) is 7.10. The van der Waals surface area contributed by atoms with Crippen LogP contribution < -0.4 is 0 Å². The number of hydrogen-bond donors (Lipinski definition) is 0. The molecule has 2 heteroatoms. The van der Waals surface area contributed by atoms with Crippen LogP contribution >= 0.6 is 0 Å². The average Bonchev–Trinajstić information content (AvgIpc) is 2.03. The van der Waals surface area contributed by atoms with Crippen molar-refractivity contribution in [2.24, 2.45) is 0 Å².